The minimum atomic E-state index is 0.0454. The van der Waals surface area contributed by atoms with E-state index in [1.54, 1.807) is 5.06 Å². The number of carbonyl (C=O) groups excluding carboxylic acids is 1. The minimum absolute atomic E-state index is 0.0454. The van der Waals surface area contributed by atoms with Gasteiger partial charge in [0.15, 0.2) is 0 Å². The average Bonchev–Trinajstić information content (AvgIpc) is 2.66. The maximum atomic E-state index is 12.3. The molecule has 1 aromatic rings. The van der Waals surface area contributed by atoms with Gasteiger partial charge in [0.2, 0.25) is 0 Å². The lowest BCUT2D eigenvalue weighted by molar-refractivity contribution is -0.152. The van der Waals surface area contributed by atoms with Crippen LogP contribution in [0.15, 0.2) is 30.3 Å². The van der Waals surface area contributed by atoms with Crippen LogP contribution in [0, 0.1) is 5.92 Å². The summed E-state index contributed by atoms with van der Waals surface area (Å²) >= 11 is 0. The van der Waals surface area contributed by atoms with Crippen molar-refractivity contribution >= 4 is 6.03 Å². The van der Waals surface area contributed by atoms with Crippen LogP contribution in [0.25, 0.3) is 0 Å². The number of benzene rings is 1. The molecular weight excluding hydrogens is 252 g/mol. The maximum Gasteiger partial charge on any atom is 0.344 e. The number of hydroxylamine groups is 2. The molecule has 1 aromatic carbocycles. The van der Waals surface area contributed by atoms with E-state index in [9.17, 15) is 4.79 Å². The largest absolute Gasteiger partial charge is 0.344 e. The lowest BCUT2D eigenvalue weighted by Crippen LogP contribution is -2.40. The van der Waals surface area contributed by atoms with Crippen LogP contribution in [0.3, 0.4) is 0 Å². The van der Waals surface area contributed by atoms with Gasteiger partial charge in [0, 0.05) is 13.1 Å². The van der Waals surface area contributed by atoms with Crippen LogP contribution in [0.2, 0.25) is 0 Å². The van der Waals surface area contributed by atoms with Gasteiger partial charge in [-0.3, -0.25) is 4.84 Å². The summed E-state index contributed by atoms with van der Waals surface area (Å²) in [6, 6.07) is 10.3. The number of hydrogen-bond acceptors (Lipinski definition) is 2. The molecule has 2 atom stereocenters. The van der Waals surface area contributed by atoms with Crippen molar-refractivity contribution in [3.8, 4) is 0 Å². The monoisotopic (exact) mass is 274 g/mol. The summed E-state index contributed by atoms with van der Waals surface area (Å²) in [6.07, 6.45) is 3.42. The molecule has 2 aliphatic rings. The van der Waals surface area contributed by atoms with Crippen molar-refractivity contribution < 1.29 is 9.63 Å². The van der Waals surface area contributed by atoms with Crippen molar-refractivity contribution in [2.24, 2.45) is 5.92 Å². The third-order valence-electron chi connectivity index (χ3n) is 4.45. The van der Waals surface area contributed by atoms with Crippen molar-refractivity contribution in [2.45, 2.75) is 38.8 Å². The molecule has 0 saturated carbocycles. The summed E-state index contributed by atoms with van der Waals surface area (Å²) < 4.78 is 0. The van der Waals surface area contributed by atoms with Crippen LogP contribution in [0.5, 0.6) is 0 Å². The Labute approximate surface area is 120 Å². The first-order valence-corrected chi connectivity index (χ1v) is 7.54. The zero-order valence-electron chi connectivity index (χ0n) is 12.0. The quantitative estimate of drug-likeness (QED) is 0.845. The van der Waals surface area contributed by atoms with Crippen LogP contribution < -0.4 is 0 Å². The van der Waals surface area contributed by atoms with E-state index in [1.165, 1.54) is 6.42 Å². The van der Waals surface area contributed by atoms with Crippen LogP contribution in [-0.2, 0) is 11.4 Å². The molecule has 0 N–H and O–H groups in total. The lowest BCUT2D eigenvalue weighted by Gasteiger charge is -2.29. The second-order valence-corrected chi connectivity index (χ2v) is 5.69. The lowest BCUT2D eigenvalue weighted by atomic mass is 9.93. The number of fused-ring (bicyclic) bond motifs is 2. The summed E-state index contributed by atoms with van der Waals surface area (Å²) in [5, 5.41) is 1.64. The van der Waals surface area contributed by atoms with E-state index < -0.39 is 0 Å². The Morgan fingerprint density at radius 1 is 1.30 bits per heavy atom. The third kappa shape index (κ3) is 2.52. The minimum Gasteiger partial charge on any atom is -0.321 e. The maximum absolute atomic E-state index is 12.3. The fourth-order valence-electron chi connectivity index (χ4n) is 3.27. The smallest absolute Gasteiger partial charge is 0.321 e. The van der Waals surface area contributed by atoms with Crippen LogP contribution >= 0.6 is 0 Å². The zero-order valence-corrected chi connectivity index (χ0v) is 12.0. The molecule has 0 spiro atoms. The van der Waals surface area contributed by atoms with E-state index >= 15 is 0 Å². The zero-order chi connectivity index (χ0) is 13.9. The first kappa shape index (κ1) is 13.4. The molecule has 2 bridgehead atoms. The van der Waals surface area contributed by atoms with E-state index in [0.717, 1.165) is 31.5 Å². The molecule has 108 valence electrons. The Kier molecular flexibility index (Phi) is 3.92. The number of urea groups is 1. The predicted molar refractivity (Wildman–Crippen MR) is 76.8 cm³/mol. The molecule has 0 radical (unpaired) electrons. The van der Waals surface area contributed by atoms with Gasteiger partial charge in [-0.05, 0) is 24.3 Å². The highest BCUT2D eigenvalue weighted by atomic mass is 16.7. The molecule has 2 aliphatic heterocycles. The summed E-state index contributed by atoms with van der Waals surface area (Å²) in [4.78, 5) is 20.1. The van der Waals surface area contributed by atoms with Gasteiger partial charge in [-0.15, -0.1) is 0 Å². The van der Waals surface area contributed by atoms with Gasteiger partial charge in [0.05, 0.1) is 6.04 Å². The Balaban J connectivity index is 1.69. The highest BCUT2D eigenvalue weighted by Gasteiger charge is 2.43. The highest BCUT2D eigenvalue weighted by Crippen LogP contribution is 2.31. The molecule has 0 aromatic heterocycles. The molecule has 2 fully saturated rings. The molecule has 1 unspecified atom stereocenters. The molecule has 2 amide bonds. The topological polar surface area (TPSA) is 32.8 Å². The standard InChI is InChI=1S/C16H22N2O2/c1-2-14-9-6-10-17-11-15(14)18(16(17)19)20-12-13-7-4-3-5-8-13/h3-5,7-8,14-15H,2,6,9-12H2,1H3/t14?,15-/m0/s1. The van der Waals surface area contributed by atoms with Crippen molar-refractivity contribution in [3.63, 3.8) is 0 Å². The second-order valence-electron chi connectivity index (χ2n) is 5.69. The average molecular weight is 274 g/mol. The molecule has 3 rings (SSSR count). The molecule has 0 aliphatic carbocycles. The predicted octanol–water partition coefficient (Wildman–Crippen LogP) is 3.04. The van der Waals surface area contributed by atoms with E-state index in [-0.39, 0.29) is 12.1 Å². The Morgan fingerprint density at radius 3 is 2.85 bits per heavy atom. The normalized spacial score (nSPS) is 25.9. The van der Waals surface area contributed by atoms with E-state index in [2.05, 4.69) is 6.92 Å². The van der Waals surface area contributed by atoms with E-state index in [4.69, 9.17) is 4.84 Å². The number of hydrogen-bond donors (Lipinski definition) is 0. The number of rotatable bonds is 4. The van der Waals surface area contributed by atoms with Crippen LogP contribution in [-0.4, -0.2) is 35.1 Å². The van der Waals surface area contributed by atoms with Crippen molar-refractivity contribution in [1.82, 2.24) is 9.96 Å². The number of nitrogens with zero attached hydrogens (tertiary/aromatic N) is 2. The van der Waals surface area contributed by atoms with Gasteiger partial charge in [-0.2, -0.15) is 5.06 Å². The van der Waals surface area contributed by atoms with Crippen LogP contribution in [0.1, 0.15) is 31.7 Å². The van der Waals surface area contributed by atoms with Crippen molar-refractivity contribution in [2.75, 3.05) is 13.1 Å². The first-order valence-electron chi connectivity index (χ1n) is 7.54. The first-order chi connectivity index (χ1) is 9.79. The fraction of sp³-hybridized carbons (Fsp3) is 0.562. The molecule has 2 saturated heterocycles. The van der Waals surface area contributed by atoms with Gasteiger partial charge in [-0.25, -0.2) is 4.79 Å². The fourth-order valence-corrected chi connectivity index (χ4v) is 3.27. The number of amides is 2. The van der Waals surface area contributed by atoms with Gasteiger partial charge in [-0.1, -0.05) is 43.7 Å². The Morgan fingerprint density at radius 2 is 2.10 bits per heavy atom. The van der Waals surface area contributed by atoms with E-state index in [1.807, 2.05) is 35.2 Å². The van der Waals surface area contributed by atoms with Gasteiger partial charge in [0.1, 0.15) is 6.61 Å². The van der Waals surface area contributed by atoms with Gasteiger partial charge in [0.25, 0.3) is 0 Å². The molecule has 20 heavy (non-hydrogen) atoms. The molecule has 2 heterocycles. The summed E-state index contributed by atoms with van der Waals surface area (Å²) in [7, 11) is 0. The van der Waals surface area contributed by atoms with Crippen LogP contribution in [0.4, 0.5) is 4.79 Å². The summed E-state index contributed by atoms with van der Waals surface area (Å²) in [5.41, 5.74) is 1.10. The Hall–Kier alpha value is -1.55. The van der Waals surface area contributed by atoms with Gasteiger partial charge >= 0.3 is 6.03 Å². The second kappa shape index (κ2) is 5.83. The number of carbonyl (C=O) groups is 1. The van der Waals surface area contributed by atoms with Crippen molar-refractivity contribution in [3.05, 3.63) is 35.9 Å². The Bertz CT molecular complexity index is 463. The third-order valence-corrected chi connectivity index (χ3v) is 4.45. The molecular formula is C16H22N2O2. The highest BCUT2D eigenvalue weighted by molar-refractivity contribution is 5.76. The molecule has 4 nitrogen and oxygen atoms in total. The summed E-state index contributed by atoms with van der Waals surface area (Å²) in [5.74, 6) is 0.558. The van der Waals surface area contributed by atoms with E-state index in [0.29, 0.717) is 12.5 Å². The van der Waals surface area contributed by atoms with Gasteiger partial charge < -0.3 is 4.90 Å². The summed E-state index contributed by atoms with van der Waals surface area (Å²) in [6.45, 7) is 4.37. The van der Waals surface area contributed by atoms with Crippen molar-refractivity contribution in [1.29, 1.82) is 0 Å². The molecule has 4 heteroatoms. The SMILES string of the molecule is CCC1CCCN2C[C@@H]1N(OCc1ccccc1)C2=O.